The summed E-state index contributed by atoms with van der Waals surface area (Å²) in [6.45, 7) is 1.65. The van der Waals surface area contributed by atoms with Crippen LogP contribution < -0.4 is 4.90 Å². The van der Waals surface area contributed by atoms with Crippen LogP contribution in [0.25, 0.3) is 22.9 Å². The maximum atomic E-state index is 12.2. The SMILES string of the molecule is O=C1COCCN1c1ccc2c(c1)nc(C=C(O)c1cccc(Br)n1)n2CCCO. The Bertz CT molecular complexity index is 1110. The normalized spacial score (nSPS) is 15.2. The molecule has 2 N–H and O–H groups in total. The molecule has 1 aromatic carbocycles. The van der Waals surface area contributed by atoms with E-state index in [1.54, 1.807) is 29.2 Å². The smallest absolute Gasteiger partial charge is 0.253 e. The number of imidazole rings is 1. The molecule has 0 bridgehead atoms. The number of rotatable bonds is 6. The summed E-state index contributed by atoms with van der Waals surface area (Å²) >= 11 is 3.30. The minimum Gasteiger partial charge on any atom is -0.506 e. The van der Waals surface area contributed by atoms with Crippen LogP contribution in [0.15, 0.2) is 41.0 Å². The molecule has 1 amide bonds. The summed E-state index contributed by atoms with van der Waals surface area (Å²) in [5.74, 6) is 0.447. The minimum atomic E-state index is -0.0844. The molecule has 1 aliphatic rings. The van der Waals surface area contributed by atoms with E-state index in [0.717, 1.165) is 11.2 Å². The lowest BCUT2D eigenvalue weighted by Gasteiger charge is -2.26. The number of aliphatic hydroxyl groups is 2. The third-order valence-electron chi connectivity index (χ3n) is 4.84. The molecule has 0 radical (unpaired) electrons. The van der Waals surface area contributed by atoms with Gasteiger partial charge < -0.3 is 24.4 Å². The summed E-state index contributed by atoms with van der Waals surface area (Å²) in [5.41, 5.74) is 2.74. The Labute approximate surface area is 181 Å². The first kappa shape index (κ1) is 20.5. The van der Waals surface area contributed by atoms with Gasteiger partial charge in [0.2, 0.25) is 0 Å². The van der Waals surface area contributed by atoms with E-state index in [2.05, 4.69) is 25.9 Å². The fourth-order valence-corrected chi connectivity index (χ4v) is 3.76. The van der Waals surface area contributed by atoms with Crippen LogP contribution in [0.3, 0.4) is 0 Å². The van der Waals surface area contributed by atoms with Crippen LogP contribution in [0.4, 0.5) is 5.69 Å². The topological polar surface area (TPSA) is 101 Å². The standard InChI is InChI=1S/C21H21BrN4O4/c22-19-4-1-3-15(23-19)18(28)12-20-24-16-11-14(25-8-10-30-13-21(25)29)5-6-17(16)26(20)7-2-9-27/h1,3-6,11-12,27-28H,2,7-10,13H2. The van der Waals surface area contributed by atoms with Gasteiger partial charge in [-0.1, -0.05) is 6.07 Å². The summed E-state index contributed by atoms with van der Waals surface area (Å²) in [6.07, 6.45) is 2.11. The molecule has 0 spiro atoms. The number of carbonyl (C=O) groups excluding carboxylic acids is 1. The third-order valence-corrected chi connectivity index (χ3v) is 5.28. The summed E-state index contributed by atoms with van der Waals surface area (Å²) in [4.78, 5) is 22.8. The summed E-state index contributed by atoms with van der Waals surface area (Å²) in [5, 5.41) is 19.9. The highest BCUT2D eigenvalue weighted by Crippen LogP contribution is 2.26. The van der Waals surface area contributed by atoms with E-state index < -0.39 is 0 Å². The first-order valence-electron chi connectivity index (χ1n) is 9.59. The lowest BCUT2D eigenvalue weighted by Crippen LogP contribution is -2.41. The van der Waals surface area contributed by atoms with Crippen molar-refractivity contribution in [2.45, 2.75) is 13.0 Å². The molecule has 30 heavy (non-hydrogen) atoms. The molecule has 1 fully saturated rings. The summed E-state index contributed by atoms with van der Waals surface area (Å²) in [6, 6.07) is 10.9. The number of aromatic nitrogens is 3. The number of halogens is 1. The Morgan fingerprint density at radius 1 is 1.27 bits per heavy atom. The number of nitrogens with zero attached hydrogens (tertiary/aromatic N) is 4. The number of aryl methyl sites for hydroxylation is 1. The third kappa shape index (κ3) is 4.23. The first-order chi connectivity index (χ1) is 14.6. The van der Waals surface area contributed by atoms with E-state index >= 15 is 0 Å². The van der Waals surface area contributed by atoms with Crippen LogP contribution in [0.2, 0.25) is 0 Å². The number of aliphatic hydroxyl groups excluding tert-OH is 2. The van der Waals surface area contributed by atoms with E-state index in [9.17, 15) is 15.0 Å². The number of pyridine rings is 1. The maximum absolute atomic E-state index is 12.2. The second-order valence-corrected chi connectivity index (χ2v) is 7.66. The Morgan fingerprint density at radius 2 is 2.13 bits per heavy atom. The molecule has 3 heterocycles. The molecule has 156 valence electrons. The Balaban J connectivity index is 1.75. The second-order valence-electron chi connectivity index (χ2n) is 6.84. The van der Waals surface area contributed by atoms with Crippen molar-refractivity contribution in [2.24, 2.45) is 0 Å². The highest BCUT2D eigenvalue weighted by atomic mass is 79.9. The van der Waals surface area contributed by atoms with Gasteiger partial charge in [-0.2, -0.15) is 0 Å². The Morgan fingerprint density at radius 3 is 2.90 bits per heavy atom. The Kier molecular flexibility index (Phi) is 6.12. The zero-order valence-corrected chi connectivity index (χ0v) is 17.7. The van der Waals surface area contributed by atoms with Crippen molar-refractivity contribution < 1.29 is 19.7 Å². The summed E-state index contributed by atoms with van der Waals surface area (Å²) < 4.78 is 7.76. The molecule has 2 aromatic heterocycles. The molecule has 0 aliphatic carbocycles. The fourth-order valence-electron chi connectivity index (χ4n) is 3.42. The second kappa shape index (κ2) is 8.95. The number of carbonyl (C=O) groups is 1. The number of anilines is 1. The van der Waals surface area contributed by atoms with Crippen molar-refractivity contribution in [1.29, 1.82) is 0 Å². The van der Waals surface area contributed by atoms with Crippen molar-refractivity contribution in [3.63, 3.8) is 0 Å². The van der Waals surface area contributed by atoms with Crippen LogP contribution in [0.5, 0.6) is 0 Å². The average Bonchev–Trinajstić information content (AvgIpc) is 3.08. The number of hydrogen-bond donors (Lipinski definition) is 2. The average molecular weight is 473 g/mol. The van der Waals surface area contributed by atoms with Crippen LogP contribution >= 0.6 is 15.9 Å². The maximum Gasteiger partial charge on any atom is 0.253 e. The zero-order valence-electron chi connectivity index (χ0n) is 16.2. The van der Waals surface area contributed by atoms with E-state index in [1.165, 1.54) is 0 Å². The lowest BCUT2D eigenvalue weighted by molar-refractivity contribution is -0.125. The van der Waals surface area contributed by atoms with Gasteiger partial charge in [0.25, 0.3) is 5.91 Å². The molecule has 1 aliphatic heterocycles. The predicted octanol–water partition coefficient (Wildman–Crippen LogP) is 3.00. The van der Waals surface area contributed by atoms with Crippen molar-refractivity contribution in [3.05, 3.63) is 52.5 Å². The molecule has 8 nitrogen and oxygen atoms in total. The van der Waals surface area contributed by atoms with Gasteiger partial charge in [-0.05, 0) is 52.7 Å². The molecule has 1 saturated heterocycles. The van der Waals surface area contributed by atoms with Gasteiger partial charge >= 0.3 is 0 Å². The Hall–Kier alpha value is -2.75. The van der Waals surface area contributed by atoms with E-state index in [1.807, 2.05) is 22.8 Å². The molecule has 3 aromatic rings. The van der Waals surface area contributed by atoms with Crippen molar-refractivity contribution in [3.8, 4) is 0 Å². The minimum absolute atomic E-state index is 0.0135. The number of hydrogen-bond acceptors (Lipinski definition) is 6. The fraction of sp³-hybridized carbons (Fsp3) is 0.286. The molecular weight excluding hydrogens is 452 g/mol. The summed E-state index contributed by atoms with van der Waals surface area (Å²) in [7, 11) is 0. The number of morpholine rings is 1. The number of ether oxygens (including phenoxy) is 1. The highest BCUT2D eigenvalue weighted by Gasteiger charge is 2.21. The molecule has 0 unspecified atom stereocenters. The van der Waals surface area contributed by atoms with Gasteiger partial charge in [-0.3, -0.25) is 4.79 Å². The molecule has 9 heteroatoms. The van der Waals surface area contributed by atoms with E-state index in [4.69, 9.17) is 4.74 Å². The lowest BCUT2D eigenvalue weighted by atomic mass is 10.2. The highest BCUT2D eigenvalue weighted by molar-refractivity contribution is 9.10. The van der Waals surface area contributed by atoms with Gasteiger partial charge in [0.15, 0.2) is 0 Å². The number of fused-ring (bicyclic) bond motifs is 1. The monoisotopic (exact) mass is 472 g/mol. The van der Waals surface area contributed by atoms with Gasteiger partial charge in [0.1, 0.15) is 28.5 Å². The van der Waals surface area contributed by atoms with Gasteiger partial charge in [-0.25, -0.2) is 9.97 Å². The predicted molar refractivity (Wildman–Crippen MR) is 117 cm³/mol. The van der Waals surface area contributed by atoms with Crippen LogP contribution in [-0.4, -0.2) is 57.0 Å². The van der Waals surface area contributed by atoms with E-state index in [0.29, 0.717) is 47.8 Å². The molecule has 0 saturated carbocycles. The van der Waals surface area contributed by atoms with Crippen LogP contribution in [0, 0.1) is 0 Å². The van der Waals surface area contributed by atoms with Gasteiger partial charge in [0, 0.05) is 31.5 Å². The molecule has 4 rings (SSSR count). The van der Waals surface area contributed by atoms with Crippen LogP contribution in [-0.2, 0) is 16.1 Å². The van der Waals surface area contributed by atoms with Crippen molar-refractivity contribution in [1.82, 2.24) is 14.5 Å². The van der Waals surface area contributed by atoms with Crippen molar-refractivity contribution in [2.75, 3.05) is 31.3 Å². The van der Waals surface area contributed by atoms with Gasteiger partial charge in [0.05, 0.1) is 17.6 Å². The zero-order chi connectivity index (χ0) is 21.1. The van der Waals surface area contributed by atoms with Crippen LogP contribution in [0.1, 0.15) is 17.9 Å². The quantitative estimate of drug-likeness (QED) is 0.422. The number of amides is 1. The van der Waals surface area contributed by atoms with Gasteiger partial charge in [-0.15, -0.1) is 0 Å². The van der Waals surface area contributed by atoms with E-state index in [-0.39, 0.29) is 24.9 Å². The molecular formula is C21H21BrN4O4. The number of benzene rings is 1. The van der Waals surface area contributed by atoms with Crippen molar-refractivity contribution >= 4 is 50.4 Å². The molecule has 0 atom stereocenters. The largest absolute Gasteiger partial charge is 0.506 e. The first-order valence-corrected chi connectivity index (χ1v) is 10.4.